The number of hydrogen-bond acceptors (Lipinski definition) is 5. The number of hydrogen-bond donors (Lipinski definition) is 1. The van der Waals surface area contributed by atoms with Gasteiger partial charge in [-0.3, -0.25) is 4.79 Å². The third-order valence-electron chi connectivity index (χ3n) is 3.26. The first-order chi connectivity index (χ1) is 10.7. The summed E-state index contributed by atoms with van der Waals surface area (Å²) in [6.07, 6.45) is 0.947. The lowest BCUT2D eigenvalue weighted by Gasteiger charge is -2.07. The Morgan fingerprint density at radius 3 is 2.30 bits per heavy atom. The molecule has 1 heterocycles. The van der Waals surface area contributed by atoms with Crippen molar-refractivity contribution in [1.82, 2.24) is 4.98 Å². The van der Waals surface area contributed by atoms with Gasteiger partial charge in [0.05, 0.1) is 23.3 Å². The zero-order chi connectivity index (χ0) is 17.4. The molecule has 0 aliphatic rings. The highest BCUT2D eigenvalue weighted by atomic mass is 35.5. The van der Waals surface area contributed by atoms with Gasteiger partial charge in [-0.2, -0.15) is 0 Å². The molecule has 0 spiro atoms. The number of rotatable bonds is 4. The molecule has 0 aliphatic heterocycles. The SMILES string of the molecule is COC(=O)c1c(C)[nH]c(S(C)(=O)=O)c1C(=O)c1ccccc1Cl. The molecule has 2 aromatic rings. The molecule has 122 valence electrons. The minimum absolute atomic E-state index is 0.100. The van der Waals surface area contributed by atoms with Crippen molar-refractivity contribution in [3.63, 3.8) is 0 Å². The maximum Gasteiger partial charge on any atom is 0.340 e. The normalized spacial score (nSPS) is 11.3. The van der Waals surface area contributed by atoms with Crippen LogP contribution in [-0.2, 0) is 14.6 Å². The van der Waals surface area contributed by atoms with Gasteiger partial charge in [0.15, 0.2) is 15.6 Å². The van der Waals surface area contributed by atoms with Gasteiger partial charge in [-0.05, 0) is 19.1 Å². The molecule has 0 aliphatic carbocycles. The highest BCUT2D eigenvalue weighted by Gasteiger charge is 2.32. The highest BCUT2D eigenvalue weighted by Crippen LogP contribution is 2.28. The number of benzene rings is 1. The van der Waals surface area contributed by atoms with E-state index in [1.54, 1.807) is 12.1 Å². The van der Waals surface area contributed by atoms with Gasteiger partial charge in [0.2, 0.25) is 0 Å². The molecular weight excluding hydrogens is 342 g/mol. The van der Waals surface area contributed by atoms with Crippen molar-refractivity contribution in [2.45, 2.75) is 11.9 Å². The molecule has 8 heteroatoms. The van der Waals surface area contributed by atoms with Crippen LogP contribution in [0.5, 0.6) is 0 Å². The first-order valence-electron chi connectivity index (χ1n) is 6.48. The van der Waals surface area contributed by atoms with Crippen LogP contribution in [0.15, 0.2) is 29.3 Å². The zero-order valence-corrected chi connectivity index (χ0v) is 14.2. The molecule has 0 amide bonds. The summed E-state index contributed by atoms with van der Waals surface area (Å²) in [6.45, 7) is 1.49. The number of esters is 1. The highest BCUT2D eigenvalue weighted by molar-refractivity contribution is 7.90. The number of aromatic nitrogens is 1. The number of nitrogens with one attached hydrogen (secondary N) is 1. The maximum absolute atomic E-state index is 12.8. The fourth-order valence-corrected chi connectivity index (χ4v) is 3.35. The van der Waals surface area contributed by atoms with Gasteiger partial charge in [0, 0.05) is 17.5 Å². The average Bonchev–Trinajstić information content (AvgIpc) is 2.84. The van der Waals surface area contributed by atoms with Crippen LogP contribution in [0.25, 0.3) is 0 Å². The number of ketones is 1. The molecule has 1 N–H and O–H groups in total. The Kier molecular flexibility index (Phi) is 4.63. The second-order valence-corrected chi connectivity index (χ2v) is 7.26. The third-order valence-corrected chi connectivity index (χ3v) is 4.64. The minimum Gasteiger partial charge on any atom is -0.465 e. The Morgan fingerprint density at radius 1 is 1.17 bits per heavy atom. The van der Waals surface area contributed by atoms with Gasteiger partial charge in [0.1, 0.15) is 5.03 Å². The molecular formula is C15H14ClNO5S. The number of aryl methyl sites for hydroxylation is 1. The first kappa shape index (κ1) is 17.2. The van der Waals surface area contributed by atoms with E-state index in [2.05, 4.69) is 9.72 Å². The molecule has 0 fully saturated rings. The predicted molar refractivity (Wildman–Crippen MR) is 84.9 cm³/mol. The summed E-state index contributed by atoms with van der Waals surface area (Å²) in [7, 11) is -2.62. The number of halogens is 1. The van der Waals surface area contributed by atoms with Crippen molar-refractivity contribution in [1.29, 1.82) is 0 Å². The van der Waals surface area contributed by atoms with Crippen LogP contribution in [0.3, 0.4) is 0 Å². The van der Waals surface area contributed by atoms with Gasteiger partial charge < -0.3 is 9.72 Å². The van der Waals surface area contributed by atoms with Crippen LogP contribution in [0, 0.1) is 6.92 Å². The van der Waals surface area contributed by atoms with Gasteiger partial charge in [-0.1, -0.05) is 23.7 Å². The van der Waals surface area contributed by atoms with E-state index < -0.39 is 21.6 Å². The third kappa shape index (κ3) is 3.16. The Bertz CT molecular complexity index is 899. The van der Waals surface area contributed by atoms with Gasteiger partial charge in [0.25, 0.3) is 0 Å². The Hall–Kier alpha value is -2.12. The lowest BCUT2D eigenvalue weighted by atomic mass is 10.0. The molecule has 0 unspecified atom stereocenters. The fraction of sp³-hybridized carbons (Fsp3) is 0.200. The monoisotopic (exact) mass is 355 g/mol. The van der Waals surface area contributed by atoms with Crippen LogP contribution in [0.4, 0.5) is 0 Å². The number of H-pyrrole nitrogens is 1. The van der Waals surface area contributed by atoms with Crippen LogP contribution in [0.2, 0.25) is 5.02 Å². The van der Waals surface area contributed by atoms with Crippen LogP contribution >= 0.6 is 11.6 Å². The van der Waals surface area contributed by atoms with E-state index in [1.807, 2.05) is 0 Å². The Balaban J connectivity index is 2.81. The molecule has 0 radical (unpaired) electrons. The van der Waals surface area contributed by atoms with Crippen molar-refractivity contribution in [2.75, 3.05) is 13.4 Å². The molecule has 1 aromatic heterocycles. The summed E-state index contributed by atoms with van der Waals surface area (Å²) < 4.78 is 28.6. The van der Waals surface area contributed by atoms with Crippen LogP contribution in [-0.4, -0.2) is 38.5 Å². The van der Waals surface area contributed by atoms with Crippen molar-refractivity contribution >= 4 is 33.2 Å². The standard InChI is InChI=1S/C15H14ClNO5S/c1-8-11(15(19)22-2)12(14(17-8)23(3,20)21)13(18)9-6-4-5-7-10(9)16/h4-7,17H,1-3H3. The summed E-state index contributed by atoms with van der Waals surface area (Å²) in [5, 5.41) is -0.174. The van der Waals surface area contributed by atoms with E-state index in [0.29, 0.717) is 0 Å². The molecule has 23 heavy (non-hydrogen) atoms. The van der Waals surface area contributed by atoms with E-state index in [0.717, 1.165) is 13.4 Å². The van der Waals surface area contributed by atoms with E-state index in [-0.39, 0.29) is 32.4 Å². The summed E-state index contributed by atoms with van der Waals surface area (Å²) in [4.78, 5) is 27.4. The van der Waals surface area contributed by atoms with Crippen LogP contribution in [0.1, 0.15) is 32.0 Å². The average molecular weight is 356 g/mol. The number of sulfone groups is 1. The van der Waals surface area contributed by atoms with E-state index in [9.17, 15) is 18.0 Å². The van der Waals surface area contributed by atoms with Crippen molar-refractivity contribution in [3.05, 3.63) is 51.7 Å². The summed E-state index contributed by atoms with van der Waals surface area (Å²) in [5.74, 6) is -1.47. The van der Waals surface area contributed by atoms with Gasteiger partial charge in [-0.15, -0.1) is 0 Å². The topological polar surface area (TPSA) is 93.3 Å². The van der Waals surface area contributed by atoms with Crippen molar-refractivity contribution < 1.29 is 22.7 Å². The molecule has 6 nitrogen and oxygen atoms in total. The number of carbonyl (C=O) groups is 2. The summed E-state index contributed by atoms with van der Waals surface area (Å²) >= 11 is 6.01. The van der Waals surface area contributed by atoms with Crippen molar-refractivity contribution in [3.8, 4) is 0 Å². The Labute approximate surface area is 138 Å². The molecule has 0 bridgehead atoms. The molecule has 1 aromatic carbocycles. The molecule has 0 saturated heterocycles. The molecule has 0 saturated carbocycles. The lowest BCUT2D eigenvalue weighted by molar-refractivity contribution is 0.0597. The first-order valence-corrected chi connectivity index (χ1v) is 8.75. The predicted octanol–water partition coefficient (Wildman–Crippen LogP) is 2.40. The number of ether oxygens (including phenoxy) is 1. The smallest absolute Gasteiger partial charge is 0.340 e. The minimum atomic E-state index is -3.77. The second kappa shape index (κ2) is 6.17. The summed E-state index contributed by atoms with van der Waals surface area (Å²) in [5.41, 5.74) is -0.0429. The lowest BCUT2D eigenvalue weighted by Crippen LogP contribution is -2.14. The van der Waals surface area contributed by atoms with E-state index in [1.165, 1.54) is 19.1 Å². The zero-order valence-electron chi connectivity index (χ0n) is 12.6. The van der Waals surface area contributed by atoms with Crippen LogP contribution < -0.4 is 0 Å². The number of methoxy groups -OCH3 is 1. The number of aromatic amines is 1. The number of carbonyl (C=O) groups excluding carboxylic acids is 2. The summed E-state index contributed by atoms with van der Waals surface area (Å²) in [6, 6.07) is 6.20. The largest absolute Gasteiger partial charge is 0.465 e. The molecule has 2 rings (SSSR count). The maximum atomic E-state index is 12.8. The Morgan fingerprint density at radius 2 is 1.78 bits per heavy atom. The van der Waals surface area contributed by atoms with E-state index in [4.69, 9.17) is 11.6 Å². The van der Waals surface area contributed by atoms with Gasteiger partial charge in [-0.25, -0.2) is 13.2 Å². The molecule has 0 atom stereocenters. The second-order valence-electron chi connectivity index (χ2n) is 4.90. The fourth-order valence-electron chi connectivity index (χ4n) is 2.23. The van der Waals surface area contributed by atoms with Crippen molar-refractivity contribution in [2.24, 2.45) is 0 Å². The van der Waals surface area contributed by atoms with Gasteiger partial charge >= 0.3 is 5.97 Å². The quantitative estimate of drug-likeness (QED) is 0.671. The van der Waals surface area contributed by atoms with E-state index >= 15 is 0 Å².